The van der Waals surface area contributed by atoms with Crippen molar-refractivity contribution in [3.8, 4) is 0 Å². The number of benzene rings is 1. The number of amides is 3. The third-order valence-corrected chi connectivity index (χ3v) is 9.15. The number of nitrogens with one attached hydrogen (secondary N) is 3. The molecule has 9 nitrogen and oxygen atoms in total. The first-order valence-corrected chi connectivity index (χ1v) is 15.2. The third-order valence-electron chi connectivity index (χ3n) is 7.99. The molecule has 5 atom stereocenters. The van der Waals surface area contributed by atoms with Gasteiger partial charge in [-0.05, 0) is 43.9 Å². The Balaban J connectivity index is 1.48. The molecule has 3 amide bonds. The third kappa shape index (κ3) is 5.32. The van der Waals surface area contributed by atoms with Crippen molar-refractivity contribution in [2.45, 2.75) is 56.2 Å². The molecule has 0 unspecified atom stereocenters. The molecule has 4 fully saturated rings. The molecule has 0 radical (unpaired) electrons. The fourth-order valence-electron chi connectivity index (χ4n) is 6.07. The quantitative estimate of drug-likeness (QED) is 0.449. The van der Waals surface area contributed by atoms with Crippen LogP contribution in [0.2, 0.25) is 5.02 Å². The second-order valence-corrected chi connectivity index (χ2v) is 13.1. The number of alkyl halides is 2. The number of para-hydroxylation sites is 1. The lowest BCUT2D eigenvalue weighted by molar-refractivity contribution is -0.179. The molecule has 4 aliphatic rings. The smallest absolute Gasteiger partial charge is 0.271 e. The molecule has 3 N–H and O–H groups in total. The molecule has 216 valence electrons. The number of carbonyl (C=O) groups excluding carboxylic acids is 3. The Morgan fingerprint density at radius 1 is 1.27 bits per heavy atom. The molecule has 2 bridgehead atoms. The van der Waals surface area contributed by atoms with Gasteiger partial charge in [0.2, 0.25) is 26.8 Å². The molecule has 4 heterocycles. The van der Waals surface area contributed by atoms with Crippen LogP contribution in [0.25, 0.3) is 10.9 Å². The molecule has 14 heteroatoms. The summed E-state index contributed by atoms with van der Waals surface area (Å²) in [6.45, 7) is 0.359. The maximum absolute atomic E-state index is 15.1. The fourth-order valence-corrected chi connectivity index (χ4v) is 6.71. The van der Waals surface area contributed by atoms with Crippen LogP contribution in [0.3, 0.4) is 0 Å². The van der Waals surface area contributed by atoms with Crippen LogP contribution in [-0.2, 0) is 19.4 Å². The van der Waals surface area contributed by atoms with Gasteiger partial charge in [-0.15, -0.1) is 0 Å². The van der Waals surface area contributed by atoms with Gasteiger partial charge in [-0.3, -0.25) is 14.4 Å². The molecule has 3 saturated heterocycles. The lowest BCUT2D eigenvalue weighted by Crippen LogP contribution is -2.68. The van der Waals surface area contributed by atoms with Crippen LogP contribution in [0.4, 0.5) is 13.2 Å². The van der Waals surface area contributed by atoms with Crippen molar-refractivity contribution in [1.82, 2.24) is 20.5 Å². The number of nitrogens with zero attached hydrogens (tertiary/aromatic N) is 1. The fraction of sp³-hybridized carbons (Fsp3) is 0.500. The Bertz CT molecular complexity index is 1510. The van der Waals surface area contributed by atoms with Gasteiger partial charge in [0, 0.05) is 36.6 Å². The topological polar surface area (TPSA) is 128 Å². The summed E-state index contributed by atoms with van der Waals surface area (Å²) >= 11 is 6.22. The van der Waals surface area contributed by atoms with Gasteiger partial charge in [0.1, 0.15) is 11.7 Å². The highest BCUT2D eigenvalue weighted by Crippen LogP contribution is 2.49. The van der Waals surface area contributed by atoms with Crippen LogP contribution in [0.1, 0.15) is 42.6 Å². The predicted molar refractivity (Wildman–Crippen MR) is 141 cm³/mol. The van der Waals surface area contributed by atoms with E-state index in [1.807, 2.05) is 0 Å². The van der Waals surface area contributed by atoms with Crippen LogP contribution in [-0.4, -0.2) is 72.9 Å². The molecular formula is C26H28ClF3N4O5S. The van der Waals surface area contributed by atoms with Gasteiger partial charge in [0.25, 0.3) is 11.8 Å². The molecule has 6 rings (SSSR count). The maximum Gasteiger partial charge on any atom is 0.271 e. The minimum Gasteiger partial charge on any atom is -0.356 e. The zero-order valence-corrected chi connectivity index (χ0v) is 23.0. The standard InChI is InChI=1S/C26H28ClF3N4O5S/c1-40(38,39)20(28)11-15(9-14-7-8-31-23(14)35)32-24(36)22-17-6-5-16(12-26(17,29)30)34(22)25(37)19-10-13-3-2-4-18(27)21(13)33-19/h2-4,10-11,14-17,22,33H,5-9,12H2,1H3,(H,31,35)(H,32,36)/b20-11+/t14-,15+,16-,17-,22+/m0/s1. The summed E-state index contributed by atoms with van der Waals surface area (Å²) < 4.78 is 68.2. The van der Waals surface area contributed by atoms with Crippen molar-refractivity contribution >= 4 is 50.1 Å². The van der Waals surface area contributed by atoms with E-state index in [1.54, 1.807) is 18.2 Å². The molecule has 1 saturated carbocycles. The van der Waals surface area contributed by atoms with Crippen molar-refractivity contribution in [3.63, 3.8) is 0 Å². The maximum atomic E-state index is 15.1. The lowest BCUT2D eigenvalue weighted by atomic mass is 9.71. The summed E-state index contributed by atoms with van der Waals surface area (Å²) in [5.41, 5.74) is 0.552. The monoisotopic (exact) mass is 600 g/mol. The van der Waals surface area contributed by atoms with E-state index >= 15 is 8.78 Å². The Morgan fingerprint density at radius 3 is 2.65 bits per heavy atom. The normalized spacial score (nSPS) is 27.1. The summed E-state index contributed by atoms with van der Waals surface area (Å²) in [4.78, 5) is 43.6. The molecular weight excluding hydrogens is 573 g/mol. The van der Waals surface area contributed by atoms with Gasteiger partial charge in [0.15, 0.2) is 0 Å². The zero-order chi connectivity index (χ0) is 29.0. The Hall–Kier alpha value is -3.06. The SMILES string of the molecule is CS(=O)(=O)/C(F)=C/[C@@H](C[C@@H]1CCNC1=O)NC(=O)[C@H]1[C@@H]2CC[C@@H](CC2(F)F)N1C(=O)c1cc2cccc(Cl)c2[nH]1. The lowest BCUT2D eigenvalue weighted by Gasteiger charge is -2.53. The minimum absolute atomic E-state index is 0.0126. The number of H-pyrrole nitrogens is 1. The van der Waals surface area contributed by atoms with Gasteiger partial charge in [-0.1, -0.05) is 23.7 Å². The molecule has 1 aromatic carbocycles. The van der Waals surface area contributed by atoms with Crippen molar-refractivity contribution < 1.29 is 36.0 Å². The number of fused-ring (bicyclic) bond motifs is 4. The summed E-state index contributed by atoms with van der Waals surface area (Å²) in [7, 11) is -4.27. The summed E-state index contributed by atoms with van der Waals surface area (Å²) in [6.07, 6.45) is 1.19. The number of halogens is 4. The van der Waals surface area contributed by atoms with Crippen LogP contribution in [0.5, 0.6) is 0 Å². The van der Waals surface area contributed by atoms with Crippen molar-refractivity contribution in [1.29, 1.82) is 0 Å². The van der Waals surface area contributed by atoms with Crippen LogP contribution in [0.15, 0.2) is 35.5 Å². The molecule has 1 aliphatic carbocycles. The highest BCUT2D eigenvalue weighted by Gasteiger charge is 2.60. The summed E-state index contributed by atoms with van der Waals surface area (Å²) in [6, 6.07) is 2.74. The predicted octanol–water partition coefficient (Wildman–Crippen LogP) is 3.32. The Kier molecular flexibility index (Phi) is 7.40. The number of carbonyl (C=O) groups is 3. The zero-order valence-electron chi connectivity index (χ0n) is 21.4. The second kappa shape index (κ2) is 10.4. The van der Waals surface area contributed by atoms with E-state index in [4.69, 9.17) is 11.6 Å². The minimum atomic E-state index is -4.27. The van der Waals surface area contributed by atoms with Crippen LogP contribution < -0.4 is 10.6 Å². The van der Waals surface area contributed by atoms with Gasteiger partial charge in [0.05, 0.1) is 22.5 Å². The van der Waals surface area contributed by atoms with E-state index in [0.717, 1.165) is 4.90 Å². The average Bonchev–Trinajstić information content (AvgIpc) is 3.49. The molecule has 2 aromatic rings. The van der Waals surface area contributed by atoms with Gasteiger partial charge in [-0.25, -0.2) is 17.2 Å². The molecule has 0 spiro atoms. The Labute approximate surface area is 233 Å². The van der Waals surface area contributed by atoms with Crippen LogP contribution >= 0.6 is 11.6 Å². The molecule has 1 aromatic heterocycles. The average molecular weight is 601 g/mol. The van der Waals surface area contributed by atoms with E-state index in [1.165, 1.54) is 6.07 Å². The van der Waals surface area contributed by atoms with Crippen LogP contribution in [0, 0.1) is 11.8 Å². The van der Waals surface area contributed by atoms with Crippen molar-refractivity contribution in [2.75, 3.05) is 12.8 Å². The highest BCUT2D eigenvalue weighted by molar-refractivity contribution is 7.94. The molecule has 3 aliphatic heterocycles. The molecule has 40 heavy (non-hydrogen) atoms. The first-order valence-electron chi connectivity index (χ1n) is 12.9. The van der Waals surface area contributed by atoms with Gasteiger partial charge < -0.3 is 20.5 Å². The summed E-state index contributed by atoms with van der Waals surface area (Å²) in [5, 5.41) is 4.55. The first kappa shape index (κ1) is 28.5. The van der Waals surface area contributed by atoms with Gasteiger partial charge in [-0.2, -0.15) is 4.39 Å². The van der Waals surface area contributed by atoms with E-state index in [0.29, 0.717) is 41.2 Å². The summed E-state index contributed by atoms with van der Waals surface area (Å²) in [5.74, 6) is -7.37. The van der Waals surface area contributed by atoms with Crippen molar-refractivity contribution in [2.24, 2.45) is 11.8 Å². The van der Waals surface area contributed by atoms with E-state index in [-0.39, 0.29) is 30.9 Å². The number of rotatable bonds is 7. The van der Waals surface area contributed by atoms with Crippen molar-refractivity contribution in [3.05, 3.63) is 46.2 Å². The number of aromatic nitrogens is 1. The van der Waals surface area contributed by atoms with E-state index in [2.05, 4.69) is 15.6 Å². The first-order chi connectivity index (χ1) is 18.8. The van der Waals surface area contributed by atoms with E-state index in [9.17, 15) is 27.2 Å². The van der Waals surface area contributed by atoms with Gasteiger partial charge >= 0.3 is 0 Å². The number of aromatic amines is 1. The largest absolute Gasteiger partial charge is 0.356 e. The number of piperidine rings is 2. The number of hydrogen-bond acceptors (Lipinski definition) is 5. The van der Waals surface area contributed by atoms with E-state index < -0.39 is 69.1 Å². The number of hydrogen-bond donors (Lipinski definition) is 3. The highest BCUT2D eigenvalue weighted by atomic mass is 35.5. The number of sulfone groups is 1. The second-order valence-electron chi connectivity index (χ2n) is 10.7. The Morgan fingerprint density at radius 2 is 2.02 bits per heavy atom.